The van der Waals surface area contributed by atoms with Crippen molar-refractivity contribution in [1.82, 2.24) is 34.9 Å². The van der Waals surface area contributed by atoms with Crippen molar-refractivity contribution < 1.29 is 14.3 Å². The van der Waals surface area contributed by atoms with Gasteiger partial charge in [-0.15, -0.1) is 0 Å². The molecule has 2 amide bonds. The molecular formula is C45H48N10O3. The number of hydrogen-bond donors (Lipinski definition) is 3. The summed E-state index contributed by atoms with van der Waals surface area (Å²) in [5, 5.41) is 16.0. The van der Waals surface area contributed by atoms with Crippen LogP contribution in [0.25, 0.3) is 32.9 Å². The number of nitrogens with one attached hydrogen (secondary N) is 3. The zero-order valence-corrected chi connectivity index (χ0v) is 33.0. The maximum Gasteiger partial charge on any atom is 0.237 e. The number of carbonyl (C=O) groups is 2. The number of aromatic nitrogens is 5. The molecule has 3 aromatic carbocycles. The van der Waals surface area contributed by atoms with E-state index in [0.717, 1.165) is 114 Å². The first-order chi connectivity index (χ1) is 28.3. The van der Waals surface area contributed by atoms with Crippen molar-refractivity contribution in [3.63, 3.8) is 0 Å². The SMILES string of the molecule is Cc1c(-c2ccc3cnc(Nc4ccc(C5CCN(C6CCN(c7ccc8c(C9CCC(=O)NC9=O)nn(C)c8c7)CC6)CC5)cc4)nc3c2)cnc2c1NCCO2. The zero-order valence-electron chi connectivity index (χ0n) is 33.0. The van der Waals surface area contributed by atoms with Crippen LogP contribution in [-0.4, -0.2) is 86.8 Å². The topological polar surface area (TPSA) is 142 Å². The number of hydrogen-bond acceptors (Lipinski definition) is 11. The molecule has 0 spiro atoms. The van der Waals surface area contributed by atoms with Crippen molar-refractivity contribution >= 4 is 56.6 Å². The number of anilines is 4. The molecule has 3 aromatic heterocycles. The molecule has 0 radical (unpaired) electrons. The number of ether oxygens (including phenoxy) is 1. The lowest BCUT2D eigenvalue weighted by Crippen LogP contribution is -2.47. The van der Waals surface area contributed by atoms with E-state index in [4.69, 9.17) is 14.8 Å². The molecule has 0 aliphatic carbocycles. The maximum atomic E-state index is 12.6. The van der Waals surface area contributed by atoms with Gasteiger partial charge in [0.1, 0.15) is 12.3 Å². The van der Waals surface area contributed by atoms with E-state index in [1.54, 1.807) is 0 Å². The molecule has 1 atom stereocenters. The molecule has 0 bridgehead atoms. The summed E-state index contributed by atoms with van der Waals surface area (Å²) in [6.45, 7) is 7.78. The Kier molecular flexibility index (Phi) is 9.39. The first-order valence-corrected chi connectivity index (χ1v) is 20.6. The lowest BCUT2D eigenvalue weighted by molar-refractivity contribution is -0.134. The van der Waals surface area contributed by atoms with Crippen LogP contribution < -0.4 is 25.6 Å². The molecule has 1 unspecified atom stereocenters. The fourth-order valence-corrected chi connectivity index (χ4v) is 9.50. The highest BCUT2D eigenvalue weighted by Gasteiger charge is 2.33. The Morgan fingerprint density at radius 1 is 0.879 bits per heavy atom. The van der Waals surface area contributed by atoms with Crippen LogP contribution >= 0.6 is 0 Å². The van der Waals surface area contributed by atoms with E-state index in [2.05, 4.69) is 103 Å². The summed E-state index contributed by atoms with van der Waals surface area (Å²) < 4.78 is 7.60. The lowest BCUT2D eigenvalue weighted by Gasteiger charge is -2.42. The first-order valence-electron chi connectivity index (χ1n) is 20.6. The summed E-state index contributed by atoms with van der Waals surface area (Å²) in [5.41, 5.74) is 10.4. The van der Waals surface area contributed by atoms with Gasteiger partial charge < -0.3 is 25.2 Å². The molecule has 10 rings (SSSR count). The predicted molar refractivity (Wildman–Crippen MR) is 226 cm³/mol. The van der Waals surface area contributed by atoms with Crippen LogP contribution in [0.3, 0.4) is 0 Å². The van der Waals surface area contributed by atoms with Gasteiger partial charge in [-0.2, -0.15) is 5.10 Å². The predicted octanol–water partition coefficient (Wildman–Crippen LogP) is 6.80. The molecule has 13 nitrogen and oxygen atoms in total. The maximum absolute atomic E-state index is 12.6. The van der Waals surface area contributed by atoms with Crippen LogP contribution in [0.15, 0.2) is 73.1 Å². The fraction of sp³-hybridized carbons (Fsp3) is 0.378. The minimum absolute atomic E-state index is 0.204. The van der Waals surface area contributed by atoms with E-state index in [-0.39, 0.29) is 17.7 Å². The molecule has 4 aliphatic heterocycles. The molecule has 7 heterocycles. The van der Waals surface area contributed by atoms with Crippen LogP contribution in [0.4, 0.5) is 23.0 Å². The summed E-state index contributed by atoms with van der Waals surface area (Å²) in [7, 11) is 1.93. The van der Waals surface area contributed by atoms with Gasteiger partial charge in [0, 0.05) is 79.2 Å². The zero-order chi connectivity index (χ0) is 39.3. The second-order valence-electron chi connectivity index (χ2n) is 16.2. The van der Waals surface area contributed by atoms with Crippen LogP contribution in [0.2, 0.25) is 0 Å². The van der Waals surface area contributed by atoms with Gasteiger partial charge in [0.15, 0.2) is 0 Å². The number of imide groups is 1. The lowest BCUT2D eigenvalue weighted by atomic mass is 9.88. The molecule has 0 saturated carbocycles. The van der Waals surface area contributed by atoms with Crippen molar-refractivity contribution in [2.75, 3.05) is 54.9 Å². The number of rotatable bonds is 7. The van der Waals surface area contributed by atoms with Crippen molar-refractivity contribution in [2.45, 2.75) is 63.3 Å². The average molecular weight is 777 g/mol. The standard InChI is InChI=1S/C45H48N10O3/c1-27-37(26-47-44-41(27)46-17-22-58-44)30-3-4-31-25-48-45(50-38(31)23-30)49-32-7-5-28(6-8-32)29-13-18-54(19-14-29)33-15-20-55(21-16-33)34-9-10-35-39(24-34)53(2)52-42(35)36-11-12-40(56)51-43(36)57/h3-10,23-26,29,33,36,46H,11-22H2,1-2H3,(H,48,49,50)(H,51,56,57). The normalized spacial score (nSPS) is 19.5. The number of benzene rings is 3. The first kappa shape index (κ1) is 36.3. The van der Waals surface area contributed by atoms with Gasteiger partial charge in [-0.05, 0) is 111 Å². The number of nitrogens with zero attached hydrogens (tertiary/aromatic N) is 7. The van der Waals surface area contributed by atoms with E-state index in [0.29, 0.717) is 43.2 Å². The summed E-state index contributed by atoms with van der Waals surface area (Å²) in [6.07, 6.45) is 9.22. The smallest absolute Gasteiger partial charge is 0.237 e. The third-order valence-corrected chi connectivity index (χ3v) is 12.8. The minimum Gasteiger partial charge on any atom is -0.474 e. The number of fused-ring (bicyclic) bond motifs is 3. The molecular weight excluding hydrogens is 729 g/mol. The molecule has 4 aliphatic rings. The number of aryl methyl sites for hydroxylation is 1. The molecule has 13 heteroatoms. The molecule has 3 N–H and O–H groups in total. The number of amides is 2. The van der Waals surface area contributed by atoms with E-state index >= 15 is 0 Å². The Labute approximate surface area is 337 Å². The largest absolute Gasteiger partial charge is 0.474 e. The van der Waals surface area contributed by atoms with Gasteiger partial charge in [0.05, 0.1) is 22.6 Å². The highest BCUT2D eigenvalue weighted by Crippen LogP contribution is 2.37. The van der Waals surface area contributed by atoms with E-state index in [1.165, 1.54) is 11.3 Å². The summed E-state index contributed by atoms with van der Waals surface area (Å²) in [4.78, 5) is 43.6. The monoisotopic (exact) mass is 776 g/mol. The van der Waals surface area contributed by atoms with Crippen LogP contribution in [0, 0.1) is 6.92 Å². The highest BCUT2D eigenvalue weighted by molar-refractivity contribution is 6.02. The van der Waals surface area contributed by atoms with Crippen molar-refractivity contribution in [3.05, 3.63) is 89.9 Å². The summed E-state index contributed by atoms with van der Waals surface area (Å²) >= 11 is 0. The van der Waals surface area contributed by atoms with Crippen molar-refractivity contribution in [3.8, 4) is 17.0 Å². The minimum atomic E-state index is -0.390. The fourth-order valence-electron chi connectivity index (χ4n) is 9.50. The Balaban J connectivity index is 0.733. The van der Waals surface area contributed by atoms with Crippen LogP contribution in [-0.2, 0) is 16.6 Å². The van der Waals surface area contributed by atoms with E-state index in [9.17, 15) is 9.59 Å². The van der Waals surface area contributed by atoms with Crippen molar-refractivity contribution in [2.24, 2.45) is 7.05 Å². The Hall–Kier alpha value is -6.08. The quantitative estimate of drug-likeness (QED) is 0.147. The molecule has 296 valence electrons. The average Bonchev–Trinajstić information content (AvgIpc) is 3.59. The van der Waals surface area contributed by atoms with Crippen molar-refractivity contribution in [1.29, 1.82) is 0 Å². The molecule has 3 saturated heterocycles. The van der Waals surface area contributed by atoms with Gasteiger partial charge in [-0.25, -0.2) is 15.0 Å². The summed E-state index contributed by atoms with van der Waals surface area (Å²) in [6, 6.07) is 22.2. The highest BCUT2D eigenvalue weighted by atomic mass is 16.5. The Morgan fingerprint density at radius 3 is 2.52 bits per heavy atom. The third-order valence-electron chi connectivity index (χ3n) is 12.8. The van der Waals surface area contributed by atoms with E-state index in [1.807, 2.05) is 24.1 Å². The summed E-state index contributed by atoms with van der Waals surface area (Å²) in [5.74, 6) is 0.951. The van der Waals surface area contributed by atoms with Gasteiger partial charge in [0.2, 0.25) is 23.6 Å². The number of piperidine rings is 3. The van der Waals surface area contributed by atoms with Gasteiger partial charge >= 0.3 is 0 Å². The Bertz CT molecular complexity index is 2540. The molecule has 3 fully saturated rings. The number of carbonyl (C=O) groups excluding carboxylic acids is 2. The second kappa shape index (κ2) is 15.0. The van der Waals surface area contributed by atoms with E-state index < -0.39 is 0 Å². The number of pyridine rings is 1. The van der Waals surface area contributed by atoms with Crippen LogP contribution in [0.1, 0.15) is 67.2 Å². The third kappa shape index (κ3) is 6.86. The van der Waals surface area contributed by atoms with Gasteiger partial charge in [0.25, 0.3) is 0 Å². The Morgan fingerprint density at radius 2 is 1.71 bits per heavy atom. The van der Waals surface area contributed by atoms with Gasteiger partial charge in [-0.1, -0.05) is 24.3 Å². The molecule has 6 aromatic rings. The van der Waals surface area contributed by atoms with Crippen LogP contribution in [0.5, 0.6) is 5.88 Å². The number of likely N-dealkylation sites (tertiary alicyclic amines) is 1. The second-order valence-corrected chi connectivity index (χ2v) is 16.2. The van der Waals surface area contributed by atoms with Gasteiger partial charge in [-0.3, -0.25) is 19.6 Å². The molecule has 58 heavy (non-hydrogen) atoms.